The van der Waals surface area contributed by atoms with Gasteiger partial charge in [0.2, 0.25) is 0 Å². The third kappa shape index (κ3) is 2.78. The third-order valence-corrected chi connectivity index (χ3v) is 4.05. The van der Waals surface area contributed by atoms with Crippen molar-refractivity contribution in [3.05, 3.63) is 69.4 Å². The Morgan fingerprint density at radius 3 is 1.83 bits per heavy atom. The topological polar surface area (TPSA) is 0 Å². The molecule has 0 spiro atoms. The van der Waals surface area contributed by atoms with E-state index in [0.717, 1.165) is 22.2 Å². The first-order valence-corrected chi connectivity index (χ1v) is 6.74. The van der Waals surface area contributed by atoms with Crippen LogP contribution in [0.5, 0.6) is 0 Å². The number of halogens is 5. The van der Waals surface area contributed by atoms with E-state index in [1.807, 2.05) is 24.3 Å². The molecule has 0 heterocycles. The molecule has 2 aromatic carbocycles. The van der Waals surface area contributed by atoms with Crippen molar-refractivity contribution in [3.63, 3.8) is 0 Å². The SMILES string of the molecule is Fc1cc(C(Br)c2ccc(Br)cc2)cc(F)c1F. The van der Waals surface area contributed by atoms with Crippen LogP contribution in [-0.2, 0) is 0 Å². The van der Waals surface area contributed by atoms with Crippen molar-refractivity contribution in [1.82, 2.24) is 0 Å². The van der Waals surface area contributed by atoms with Crippen LogP contribution in [0.1, 0.15) is 16.0 Å². The Labute approximate surface area is 119 Å². The normalized spacial score (nSPS) is 12.5. The van der Waals surface area contributed by atoms with E-state index in [1.54, 1.807) is 0 Å². The Hall–Kier alpha value is -0.810. The molecule has 94 valence electrons. The lowest BCUT2D eigenvalue weighted by atomic mass is 10.0. The van der Waals surface area contributed by atoms with Gasteiger partial charge in [-0.15, -0.1) is 0 Å². The molecule has 0 saturated carbocycles. The van der Waals surface area contributed by atoms with E-state index < -0.39 is 22.3 Å². The second-order valence-electron chi connectivity index (χ2n) is 3.71. The second-order valence-corrected chi connectivity index (χ2v) is 5.54. The zero-order chi connectivity index (χ0) is 13.3. The Bertz CT molecular complexity index is 544. The molecule has 2 aromatic rings. The molecule has 0 aromatic heterocycles. The Morgan fingerprint density at radius 1 is 0.833 bits per heavy atom. The maximum Gasteiger partial charge on any atom is 0.194 e. The molecule has 0 fully saturated rings. The summed E-state index contributed by atoms with van der Waals surface area (Å²) in [5.74, 6) is -3.83. The minimum atomic E-state index is -1.45. The molecule has 0 saturated heterocycles. The van der Waals surface area contributed by atoms with Gasteiger partial charge >= 0.3 is 0 Å². The highest BCUT2D eigenvalue weighted by atomic mass is 79.9. The van der Waals surface area contributed by atoms with Crippen molar-refractivity contribution in [2.75, 3.05) is 0 Å². The highest BCUT2D eigenvalue weighted by Crippen LogP contribution is 2.32. The van der Waals surface area contributed by atoms with Crippen LogP contribution in [-0.4, -0.2) is 0 Å². The van der Waals surface area contributed by atoms with E-state index in [0.29, 0.717) is 5.56 Å². The predicted octanol–water partition coefficient (Wildman–Crippen LogP) is 5.35. The molecule has 1 unspecified atom stereocenters. The van der Waals surface area contributed by atoms with Gasteiger partial charge in [0.25, 0.3) is 0 Å². The number of rotatable bonds is 2. The molecule has 0 amide bonds. The van der Waals surface area contributed by atoms with Crippen LogP contribution in [0.25, 0.3) is 0 Å². The number of alkyl halides is 1. The number of hydrogen-bond donors (Lipinski definition) is 0. The van der Waals surface area contributed by atoms with Gasteiger partial charge in [-0.25, -0.2) is 13.2 Å². The zero-order valence-electron chi connectivity index (χ0n) is 8.93. The van der Waals surface area contributed by atoms with Gasteiger partial charge in [-0.1, -0.05) is 44.0 Å². The Balaban J connectivity index is 2.39. The molecule has 0 aliphatic rings. The highest BCUT2D eigenvalue weighted by molar-refractivity contribution is 9.10. The van der Waals surface area contributed by atoms with Crippen molar-refractivity contribution in [2.45, 2.75) is 4.83 Å². The van der Waals surface area contributed by atoms with Gasteiger partial charge in [0.1, 0.15) is 0 Å². The lowest BCUT2D eigenvalue weighted by Crippen LogP contribution is -1.98. The van der Waals surface area contributed by atoms with E-state index in [1.165, 1.54) is 0 Å². The summed E-state index contributed by atoms with van der Waals surface area (Å²) in [5, 5.41) is 0. The Morgan fingerprint density at radius 2 is 1.33 bits per heavy atom. The maximum atomic E-state index is 13.1. The fourth-order valence-corrected chi connectivity index (χ4v) is 2.38. The number of benzene rings is 2. The van der Waals surface area contributed by atoms with E-state index in [4.69, 9.17) is 0 Å². The van der Waals surface area contributed by atoms with E-state index in [9.17, 15) is 13.2 Å². The van der Waals surface area contributed by atoms with Gasteiger partial charge in [-0.05, 0) is 35.4 Å². The maximum absolute atomic E-state index is 13.1. The van der Waals surface area contributed by atoms with Crippen LogP contribution in [0.2, 0.25) is 0 Å². The molecule has 0 radical (unpaired) electrons. The molecule has 0 bridgehead atoms. The smallest absolute Gasteiger partial charge is 0.194 e. The molecule has 0 aliphatic carbocycles. The molecule has 1 atom stereocenters. The van der Waals surface area contributed by atoms with E-state index >= 15 is 0 Å². The summed E-state index contributed by atoms with van der Waals surface area (Å²) in [7, 11) is 0. The van der Waals surface area contributed by atoms with Crippen molar-refractivity contribution >= 4 is 31.9 Å². The largest absolute Gasteiger partial charge is 0.204 e. The highest BCUT2D eigenvalue weighted by Gasteiger charge is 2.16. The van der Waals surface area contributed by atoms with E-state index in [2.05, 4.69) is 31.9 Å². The van der Waals surface area contributed by atoms with Gasteiger partial charge in [-0.3, -0.25) is 0 Å². The van der Waals surface area contributed by atoms with Crippen LogP contribution in [0.15, 0.2) is 40.9 Å². The summed E-state index contributed by atoms with van der Waals surface area (Å²) in [4.78, 5) is -0.393. The van der Waals surface area contributed by atoms with Crippen LogP contribution in [0.4, 0.5) is 13.2 Å². The molecule has 18 heavy (non-hydrogen) atoms. The minimum absolute atomic E-state index is 0.328. The molecule has 5 heteroatoms. The minimum Gasteiger partial charge on any atom is -0.204 e. The molecule has 0 aliphatic heterocycles. The average molecular weight is 380 g/mol. The van der Waals surface area contributed by atoms with Gasteiger partial charge in [-0.2, -0.15) is 0 Å². The van der Waals surface area contributed by atoms with Crippen molar-refractivity contribution < 1.29 is 13.2 Å². The van der Waals surface area contributed by atoms with Gasteiger partial charge in [0.05, 0.1) is 4.83 Å². The quantitative estimate of drug-likeness (QED) is 0.487. The van der Waals surface area contributed by atoms with Crippen LogP contribution < -0.4 is 0 Å². The first-order valence-electron chi connectivity index (χ1n) is 5.03. The van der Waals surface area contributed by atoms with Gasteiger partial charge in [0.15, 0.2) is 17.5 Å². The first-order chi connectivity index (χ1) is 8.49. The van der Waals surface area contributed by atoms with Crippen LogP contribution in [0, 0.1) is 17.5 Å². The average Bonchev–Trinajstić information content (AvgIpc) is 2.35. The van der Waals surface area contributed by atoms with Crippen molar-refractivity contribution in [2.24, 2.45) is 0 Å². The lowest BCUT2D eigenvalue weighted by molar-refractivity contribution is 0.445. The second kappa shape index (κ2) is 5.45. The van der Waals surface area contributed by atoms with Gasteiger partial charge in [0, 0.05) is 4.47 Å². The van der Waals surface area contributed by atoms with Crippen LogP contribution in [0.3, 0.4) is 0 Å². The van der Waals surface area contributed by atoms with E-state index in [-0.39, 0.29) is 0 Å². The third-order valence-electron chi connectivity index (χ3n) is 2.46. The summed E-state index contributed by atoms with van der Waals surface area (Å²) >= 11 is 6.64. The van der Waals surface area contributed by atoms with Crippen molar-refractivity contribution in [3.8, 4) is 0 Å². The zero-order valence-corrected chi connectivity index (χ0v) is 12.1. The molecule has 0 nitrogen and oxygen atoms in total. The standard InChI is InChI=1S/C13H7Br2F3/c14-9-3-1-7(2-4-9)12(15)8-5-10(16)13(18)11(17)6-8/h1-6,12H. The summed E-state index contributed by atoms with van der Waals surface area (Å²) < 4.78 is 40.0. The van der Waals surface area contributed by atoms with Gasteiger partial charge < -0.3 is 0 Å². The summed E-state index contributed by atoms with van der Waals surface area (Å²) in [6.07, 6.45) is 0. The monoisotopic (exact) mass is 378 g/mol. The molecular weight excluding hydrogens is 373 g/mol. The summed E-state index contributed by atoms with van der Waals surface area (Å²) in [6, 6.07) is 9.23. The fourth-order valence-electron chi connectivity index (χ4n) is 1.55. The molecular formula is C13H7Br2F3. The Kier molecular flexibility index (Phi) is 4.12. The number of hydrogen-bond acceptors (Lipinski definition) is 0. The van der Waals surface area contributed by atoms with Crippen LogP contribution >= 0.6 is 31.9 Å². The first kappa shape index (κ1) is 13.6. The van der Waals surface area contributed by atoms with Crippen molar-refractivity contribution in [1.29, 1.82) is 0 Å². The molecule has 0 N–H and O–H groups in total. The summed E-state index contributed by atoms with van der Waals surface area (Å²) in [6.45, 7) is 0. The molecule has 2 rings (SSSR count). The lowest BCUT2D eigenvalue weighted by Gasteiger charge is -2.11. The summed E-state index contributed by atoms with van der Waals surface area (Å²) in [5.41, 5.74) is 1.15. The predicted molar refractivity (Wildman–Crippen MR) is 71.2 cm³/mol. The fraction of sp³-hybridized carbons (Fsp3) is 0.0769.